The third kappa shape index (κ3) is 3.31. The molecular weight excluding hydrogens is 242 g/mol. The lowest BCUT2D eigenvalue weighted by molar-refractivity contribution is 0.0690. The largest absolute Gasteiger partial charge is 0.487 e. The molecule has 19 heavy (non-hydrogen) atoms. The Morgan fingerprint density at radius 3 is 2.79 bits per heavy atom. The minimum Gasteiger partial charge on any atom is -0.487 e. The first-order valence-electron chi connectivity index (χ1n) is 5.95. The van der Waals surface area contributed by atoms with Crippen LogP contribution in [0.1, 0.15) is 27.3 Å². The molecule has 0 spiro atoms. The second-order valence-electron chi connectivity index (χ2n) is 4.38. The molecule has 0 radical (unpaired) electrons. The number of hydrogen-bond acceptors (Lipinski definition) is 3. The maximum Gasteiger partial charge on any atom is 0.354 e. The molecule has 2 rings (SSSR count). The van der Waals surface area contributed by atoms with Crippen LogP contribution in [0.25, 0.3) is 0 Å². The number of carboxylic acids is 1. The molecule has 1 heterocycles. The van der Waals surface area contributed by atoms with Gasteiger partial charge in [-0.15, -0.1) is 0 Å². The summed E-state index contributed by atoms with van der Waals surface area (Å²) in [6.07, 6.45) is 0. The Hall–Kier alpha value is -2.36. The van der Waals surface area contributed by atoms with Gasteiger partial charge in [-0.1, -0.05) is 18.2 Å². The normalized spacial score (nSPS) is 10.2. The maximum atomic E-state index is 10.8. The van der Waals surface area contributed by atoms with Crippen molar-refractivity contribution < 1.29 is 14.6 Å². The Morgan fingerprint density at radius 2 is 2.05 bits per heavy atom. The third-order valence-electron chi connectivity index (χ3n) is 2.75. The first-order valence-corrected chi connectivity index (χ1v) is 5.95. The quantitative estimate of drug-likeness (QED) is 0.914. The fourth-order valence-corrected chi connectivity index (χ4v) is 1.69. The lowest BCUT2D eigenvalue weighted by Crippen LogP contribution is -2.05. The van der Waals surface area contributed by atoms with E-state index in [1.165, 1.54) is 6.07 Å². The van der Waals surface area contributed by atoms with E-state index >= 15 is 0 Å². The molecule has 1 aromatic heterocycles. The number of aryl methyl sites for hydroxylation is 2. The van der Waals surface area contributed by atoms with Crippen molar-refractivity contribution in [2.75, 3.05) is 0 Å². The standard InChI is InChI=1S/C15H15NO3/c1-10-6-7-11(2)14(8-10)19-9-12-4-3-5-13(16-12)15(17)18/h3-8H,9H2,1-2H3,(H,17,18). The summed E-state index contributed by atoms with van der Waals surface area (Å²) in [5, 5.41) is 8.87. The van der Waals surface area contributed by atoms with Crippen LogP contribution < -0.4 is 4.74 Å². The van der Waals surface area contributed by atoms with Crippen LogP contribution in [0.4, 0.5) is 0 Å². The zero-order chi connectivity index (χ0) is 13.8. The predicted octanol–water partition coefficient (Wildman–Crippen LogP) is 2.98. The lowest BCUT2D eigenvalue weighted by Gasteiger charge is -2.09. The fourth-order valence-electron chi connectivity index (χ4n) is 1.69. The highest BCUT2D eigenvalue weighted by Crippen LogP contribution is 2.20. The van der Waals surface area contributed by atoms with Crippen LogP contribution in [0.3, 0.4) is 0 Å². The maximum absolute atomic E-state index is 10.8. The van der Waals surface area contributed by atoms with E-state index in [-0.39, 0.29) is 12.3 Å². The van der Waals surface area contributed by atoms with Crippen molar-refractivity contribution in [3.05, 3.63) is 58.9 Å². The monoisotopic (exact) mass is 257 g/mol. The van der Waals surface area contributed by atoms with Crippen LogP contribution in [0.15, 0.2) is 36.4 Å². The Kier molecular flexibility index (Phi) is 3.80. The average molecular weight is 257 g/mol. The third-order valence-corrected chi connectivity index (χ3v) is 2.75. The van der Waals surface area contributed by atoms with Crippen molar-refractivity contribution in [2.45, 2.75) is 20.5 Å². The van der Waals surface area contributed by atoms with Crippen molar-refractivity contribution in [3.8, 4) is 5.75 Å². The Morgan fingerprint density at radius 1 is 1.26 bits per heavy atom. The number of pyridine rings is 1. The molecule has 0 saturated carbocycles. The summed E-state index contributed by atoms with van der Waals surface area (Å²) in [6.45, 7) is 4.22. The second-order valence-corrected chi connectivity index (χ2v) is 4.38. The van der Waals surface area contributed by atoms with Crippen LogP contribution in [0.5, 0.6) is 5.75 Å². The molecule has 4 heteroatoms. The Labute approximate surface area is 111 Å². The molecule has 0 atom stereocenters. The summed E-state index contributed by atoms with van der Waals surface area (Å²) in [4.78, 5) is 14.8. The van der Waals surface area contributed by atoms with Crippen LogP contribution >= 0.6 is 0 Å². The molecule has 0 aliphatic carbocycles. The van der Waals surface area contributed by atoms with Gasteiger partial charge in [-0.3, -0.25) is 0 Å². The molecule has 0 unspecified atom stereocenters. The summed E-state index contributed by atoms with van der Waals surface area (Å²) < 4.78 is 5.68. The molecule has 0 aliphatic rings. The molecule has 2 aromatic rings. The smallest absolute Gasteiger partial charge is 0.354 e. The molecule has 1 aromatic carbocycles. The van der Waals surface area contributed by atoms with Crippen LogP contribution in [0.2, 0.25) is 0 Å². The first kappa shape index (κ1) is 13.1. The minimum absolute atomic E-state index is 0.0297. The van der Waals surface area contributed by atoms with E-state index in [0.29, 0.717) is 5.69 Å². The number of hydrogen-bond donors (Lipinski definition) is 1. The van der Waals surface area contributed by atoms with Gasteiger partial charge in [0, 0.05) is 0 Å². The number of nitrogens with zero attached hydrogens (tertiary/aromatic N) is 1. The SMILES string of the molecule is Cc1ccc(C)c(OCc2cccc(C(=O)O)n2)c1. The van der Waals surface area contributed by atoms with Gasteiger partial charge in [0.2, 0.25) is 0 Å². The van der Waals surface area contributed by atoms with Crippen molar-refractivity contribution in [3.63, 3.8) is 0 Å². The van der Waals surface area contributed by atoms with E-state index in [2.05, 4.69) is 4.98 Å². The average Bonchev–Trinajstić information content (AvgIpc) is 2.40. The van der Waals surface area contributed by atoms with Gasteiger partial charge < -0.3 is 9.84 Å². The Balaban J connectivity index is 2.12. The van der Waals surface area contributed by atoms with E-state index in [1.54, 1.807) is 12.1 Å². The van der Waals surface area contributed by atoms with Crippen molar-refractivity contribution in [1.82, 2.24) is 4.98 Å². The fraction of sp³-hybridized carbons (Fsp3) is 0.200. The summed E-state index contributed by atoms with van der Waals surface area (Å²) in [7, 11) is 0. The van der Waals surface area contributed by atoms with E-state index in [9.17, 15) is 4.79 Å². The highest BCUT2D eigenvalue weighted by Gasteiger charge is 2.06. The lowest BCUT2D eigenvalue weighted by atomic mass is 10.1. The topological polar surface area (TPSA) is 59.4 Å². The van der Waals surface area contributed by atoms with Crippen molar-refractivity contribution in [1.29, 1.82) is 0 Å². The molecule has 4 nitrogen and oxygen atoms in total. The number of benzene rings is 1. The highest BCUT2D eigenvalue weighted by molar-refractivity contribution is 5.85. The van der Waals surface area contributed by atoms with Gasteiger partial charge in [0.05, 0.1) is 5.69 Å². The van der Waals surface area contributed by atoms with Gasteiger partial charge >= 0.3 is 5.97 Å². The van der Waals surface area contributed by atoms with Gasteiger partial charge in [-0.25, -0.2) is 9.78 Å². The molecule has 1 N–H and O–H groups in total. The zero-order valence-electron chi connectivity index (χ0n) is 10.9. The van der Waals surface area contributed by atoms with Gasteiger partial charge in [0.25, 0.3) is 0 Å². The highest BCUT2D eigenvalue weighted by atomic mass is 16.5. The van der Waals surface area contributed by atoms with E-state index in [0.717, 1.165) is 16.9 Å². The predicted molar refractivity (Wildman–Crippen MR) is 71.4 cm³/mol. The second kappa shape index (κ2) is 5.52. The van der Waals surface area contributed by atoms with Crippen molar-refractivity contribution >= 4 is 5.97 Å². The van der Waals surface area contributed by atoms with Crippen LogP contribution in [0, 0.1) is 13.8 Å². The van der Waals surface area contributed by atoms with E-state index in [1.807, 2.05) is 32.0 Å². The molecular formula is C15H15NO3. The Bertz CT molecular complexity index is 608. The summed E-state index contributed by atoms with van der Waals surface area (Å²) in [6, 6.07) is 10.8. The molecule has 98 valence electrons. The number of carbonyl (C=O) groups is 1. The van der Waals surface area contributed by atoms with Crippen LogP contribution in [-0.4, -0.2) is 16.1 Å². The number of ether oxygens (including phenoxy) is 1. The number of rotatable bonds is 4. The molecule has 0 bridgehead atoms. The minimum atomic E-state index is -1.03. The molecule has 0 fully saturated rings. The molecule has 0 aliphatic heterocycles. The molecule has 0 saturated heterocycles. The van der Waals surface area contributed by atoms with Gasteiger partial charge in [0.1, 0.15) is 18.1 Å². The van der Waals surface area contributed by atoms with Crippen LogP contribution in [-0.2, 0) is 6.61 Å². The van der Waals surface area contributed by atoms with E-state index in [4.69, 9.17) is 9.84 Å². The van der Waals surface area contributed by atoms with Crippen molar-refractivity contribution in [2.24, 2.45) is 0 Å². The molecule has 0 amide bonds. The summed E-state index contributed by atoms with van der Waals surface area (Å²) >= 11 is 0. The van der Waals surface area contributed by atoms with Gasteiger partial charge in [0.15, 0.2) is 0 Å². The first-order chi connectivity index (χ1) is 9.06. The van der Waals surface area contributed by atoms with E-state index < -0.39 is 5.97 Å². The summed E-state index contributed by atoms with van der Waals surface area (Å²) in [5.41, 5.74) is 2.79. The number of carboxylic acid groups (broad SMARTS) is 1. The van der Waals surface area contributed by atoms with Gasteiger partial charge in [-0.05, 0) is 43.2 Å². The van der Waals surface area contributed by atoms with Gasteiger partial charge in [-0.2, -0.15) is 0 Å². The number of aromatic carboxylic acids is 1. The summed E-state index contributed by atoms with van der Waals surface area (Å²) in [5.74, 6) is -0.240. The zero-order valence-corrected chi connectivity index (χ0v) is 10.9. The number of aromatic nitrogens is 1.